The van der Waals surface area contributed by atoms with Crippen LogP contribution in [0.15, 0.2) is 18.5 Å². The number of H-pyrrole nitrogens is 1. The molecule has 0 radical (unpaired) electrons. The number of pyridine rings is 1. The predicted octanol–water partition coefficient (Wildman–Crippen LogP) is 2.72. The predicted molar refractivity (Wildman–Crippen MR) is 55.1 cm³/mol. The Morgan fingerprint density at radius 2 is 2.42 bits per heavy atom. The lowest BCUT2D eigenvalue weighted by Crippen LogP contribution is -1.73. The van der Waals surface area contributed by atoms with Gasteiger partial charge in [-0.25, -0.2) is 4.85 Å². The lowest BCUT2D eigenvalue weighted by Gasteiger charge is -1.89. The molecule has 1 N–H and O–H groups in total. The maximum Gasteiger partial charge on any atom is 0.205 e. The average Bonchev–Trinajstić information content (AvgIpc) is 2.47. The Morgan fingerprint density at radius 3 is 3.17 bits per heavy atom. The first-order chi connectivity index (χ1) is 5.81. The standard InChI is InChI=1S/C8H4IN3/c1-10-5-2-6-7(9)4-12-8(6)11-3-5/h2-4H,(H,11,12). The number of rotatable bonds is 0. The zero-order valence-corrected chi connectivity index (χ0v) is 8.16. The third-order valence-electron chi connectivity index (χ3n) is 1.60. The van der Waals surface area contributed by atoms with Gasteiger partial charge in [-0.1, -0.05) is 0 Å². The summed E-state index contributed by atoms with van der Waals surface area (Å²) in [4.78, 5) is 10.4. The molecule has 4 heteroatoms. The van der Waals surface area contributed by atoms with Crippen molar-refractivity contribution in [3.63, 3.8) is 0 Å². The second kappa shape index (κ2) is 2.75. The van der Waals surface area contributed by atoms with Gasteiger partial charge in [-0.15, -0.1) is 0 Å². The van der Waals surface area contributed by atoms with Crippen LogP contribution in [0.4, 0.5) is 5.69 Å². The summed E-state index contributed by atoms with van der Waals surface area (Å²) in [7, 11) is 0. The topological polar surface area (TPSA) is 33.0 Å². The minimum atomic E-state index is 0.583. The zero-order chi connectivity index (χ0) is 8.55. The number of aromatic nitrogens is 2. The molecule has 0 amide bonds. The molecule has 0 saturated heterocycles. The summed E-state index contributed by atoms with van der Waals surface area (Å²) in [6.45, 7) is 6.81. The number of nitrogens with zero attached hydrogens (tertiary/aromatic N) is 2. The van der Waals surface area contributed by atoms with Crippen LogP contribution >= 0.6 is 22.6 Å². The van der Waals surface area contributed by atoms with Crippen molar-refractivity contribution in [3.05, 3.63) is 33.4 Å². The first-order valence-corrected chi connectivity index (χ1v) is 4.39. The van der Waals surface area contributed by atoms with E-state index in [1.54, 1.807) is 6.20 Å². The normalized spacial score (nSPS) is 10.0. The Balaban J connectivity index is 2.82. The highest BCUT2D eigenvalue weighted by molar-refractivity contribution is 14.1. The summed E-state index contributed by atoms with van der Waals surface area (Å²) < 4.78 is 1.10. The van der Waals surface area contributed by atoms with Gasteiger partial charge in [0.1, 0.15) is 5.65 Å². The lowest BCUT2D eigenvalue weighted by molar-refractivity contribution is 1.33. The molecule has 58 valence electrons. The Bertz CT molecular complexity index is 467. The summed E-state index contributed by atoms with van der Waals surface area (Å²) in [5, 5.41) is 1.02. The van der Waals surface area contributed by atoms with Gasteiger partial charge in [-0.3, -0.25) is 4.98 Å². The van der Waals surface area contributed by atoms with Crippen molar-refractivity contribution in [2.75, 3.05) is 0 Å². The molecular weight excluding hydrogens is 265 g/mol. The van der Waals surface area contributed by atoms with Crippen LogP contribution in [-0.4, -0.2) is 9.97 Å². The van der Waals surface area contributed by atoms with Crippen molar-refractivity contribution in [1.29, 1.82) is 0 Å². The monoisotopic (exact) mass is 269 g/mol. The minimum Gasteiger partial charge on any atom is -0.345 e. The second-order valence-electron chi connectivity index (χ2n) is 2.34. The molecule has 2 aromatic rings. The van der Waals surface area contributed by atoms with E-state index in [1.165, 1.54) is 0 Å². The zero-order valence-electron chi connectivity index (χ0n) is 6.00. The maximum absolute atomic E-state index is 6.81. The largest absolute Gasteiger partial charge is 0.345 e. The third-order valence-corrected chi connectivity index (χ3v) is 2.49. The van der Waals surface area contributed by atoms with Gasteiger partial charge in [-0.2, -0.15) is 0 Å². The van der Waals surface area contributed by atoms with Gasteiger partial charge in [0.2, 0.25) is 5.69 Å². The lowest BCUT2D eigenvalue weighted by atomic mass is 10.3. The van der Waals surface area contributed by atoms with Crippen LogP contribution in [-0.2, 0) is 0 Å². The molecule has 0 aromatic carbocycles. The second-order valence-corrected chi connectivity index (χ2v) is 3.50. The van der Waals surface area contributed by atoms with E-state index >= 15 is 0 Å². The summed E-state index contributed by atoms with van der Waals surface area (Å²) >= 11 is 2.21. The molecule has 0 bridgehead atoms. The van der Waals surface area contributed by atoms with E-state index in [2.05, 4.69) is 37.4 Å². The third kappa shape index (κ3) is 1.06. The molecule has 12 heavy (non-hydrogen) atoms. The van der Waals surface area contributed by atoms with Crippen LogP contribution in [0.2, 0.25) is 0 Å². The maximum atomic E-state index is 6.81. The molecule has 0 saturated carbocycles. The first kappa shape index (κ1) is 7.55. The summed E-state index contributed by atoms with van der Waals surface area (Å²) in [5.41, 5.74) is 1.42. The van der Waals surface area contributed by atoms with Crippen LogP contribution < -0.4 is 0 Å². The van der Waals surface area contributed by atoms with Gasteiger partial charge in [0.25, 0.3) is 0 Å². The first-order valence-electron chi connectivity index (χ1n) is 3.31. The van der Waals surface area contributed by atoms with Gasteiger partial charge in [-0.05, 0) is 28.7 Å². The minimum absolute atomic E-state index is 0.583. The Hall–Kier alpha value is -1.09. The SMILES string of the molecule is [C-]#[N+]c1cnc2[nH]cc(I)c2c1. The summed E-state index contributed by atoms with van der Waals surface area (Å²) in [5.74, 6) is 0. The molecule has 3 nitrogen and oxygen atoms in total. The van der Waals surface area contributed by atoms with Crippen molar-refractivity contribution in [2.24, 2.45) is 0 Å². The highest BCUT2D eigenvalue weighted by Crippen LogP contribution is 2.22. The fourth-order valence-electron chi connectivity index (χ4n) is 1.02. The van der Waals surface area contributed by atoms with Gasteiger partial charge in [0, 0.05) is 21.4 Å². The van der Waals surface area contributed by atoms with Crippen LogP contribution in [0.3, 0.4) is 0 Å². The molecule has 0 unspecified atom stereocenters. The number of aromatic amines is 1. The van der Waals surface area contributed by atoms with E-state index in [0.717, 1.165) is 14.6 Å². The van der Waals surface area contributed by atoms with Crippen molar-refractivity contribution in [3.8, 4) is 0 Å². The molecule has 0 aliphatic carbocycles. The van der Waals surface area contributed by atoms with Crippen LogP contribution in [0.1, 0.15) is 0 Å². The fraction of sp³-hybridized carbons (Fsp3) is 0. The molecule has 2 heterocycles. The number of fused-ring (bicyclic) bond motifs is 1. The highest BCUT2D eigenvalue weighted by atomic mass is 127. The molecule has 0 fully saturated rings. The molecule has 0 aliphatic heterocycles. The van der Waals surface area contributed by atoms with E-state index in [1.807, 2.05) is 12.3 Å². The highest BCUT2D eigenvalue weighted by Gasteiger charge is 2.01. The smallest absolute Gasteiger partial charge is 0.205 e. The van der Waals surface area contributed by atoms with Crippen LogP contribution in [0, 0.1) is 10.1 Å². The van der Waals surface area contributed by atoms with E-state index < -0.39 is 0 Å². The number of halogens is 1. The van der Waals surface area contributed by atoms with Crippen molar-refractivity contribution in [1.82, 2.24) is 9.97 Å². The average molecular weight is 269 g/mol. The number of nitrogens with one attached hydrogen (secondary N) is 1. The molecule has 0 aliphatic rings. The van der Waals surface area contributed by atoms with Gasteiger partial charge in [0.05, 0.1) is 6.57 Å². The fourth-order valence-corrected chi connectivity index (χ4v) is 1.59. The van der Waals surface area contributed by atoms with Gasteiger partial charge >= 0.3 is 0 Å². The quantitative estimate of drug-likeness (QED) is 0.579. The molecular formula is C8H4IN3. The van der Waals surface area contributed by atoms with Gasteiger partial charge in [0.15, 0.2) is 0 Å². The van der Waals surface area contributed by atoms with Crippen molar-refractivity contribution in [2.45, 2.75) is 0 Å². The Labute approximate surface area is 82.8 Å². The van der Waals surface area contributed by atoms with Crippen LogP contribution in [0.5, 0.6) is 0 Å². The number of hydrogen-bond donors (Lipinski definition) is 1. The van der Waals surface area contributed by atoms with Crippen molar-refractivity contribution >= 4 is 39.3 Å². The van der Waals surface area contributed by atoms with E-state index in [4.69, 9.17) is 6.57 Å². The Morgan fingerprint density at radius 1 is 1.58 bits per heavy atom. The summed E-state index contributed by atoms with van der Waals surface area (Å²) in [6, 6.07) is 1.84. The molecule has 0 atom stereocenters. The molecule has 2 rings (SSSR count). The van der Waals surface area contributed by atoms with Crippen LogP contribution in [0.25, 0.3) is 15.9 Å². The number of hydrogen-bond acceptors (Lipinski definition) is 1. The van der Waals surface area contributed by atoms with E-state index in [9.17, 15) is 0 Å². The Kier molecular flexibility index (Phi) is 1.73. The van der Waals surface area contributed by atoms with E-state index in [0.29, 0.717) is 5.69 Å². The summed E-state index contributed by atoms with van der Waals surface area (Å²) in [6.07, 6.45) is 3.45. The van der Waals surface area contributed by atoms with Gasteiger partial charge < -0.3 is 4.98 Å². The van der Waals surface area contributed by atoms with Crippen molar-refractivity contribution < 1.29 is 0 Å². The molecule has 0 spiro atoms. The van der Waals surface area contributed by atoms with E-state index in [-0.39, 0.29) is 0 Å². The molecule has 2 aromatic heterocycles.